The lowest BCUT2D eigenvalue weighted by molar-refractivity contribution is -0.122. The highest BCUT2D eigenvalue weighted by atomic mass is 16.1. The van der Waals surface area contributed by atoms with Crippen LogP contribution >= 0.6 is 0 Å². The molecule has 0 heterocycles. The summed E-state index contributed by atoms with van der Waals surface area (Å²) in [6, 6.07) is 0.276. The lowest BCUT2D eigenvalue weighted by Gasteiger charge is -2.19. The van der Waals surface area contributed by atoms with Gasteiger partial charge in [0.2, 0.25) is 5.91 Å². The minimum absolute atomic E-state index is 0.234. The highest BCUT2D eigenvalue weighted by molar-refractivity contribution is 5.76. The number of nitrogens with one attached hydrogen (secondary N) is 1. The van der Waals surface area contributed by atoms with E-state index in [4.69, 9.17) is 5.73 Å². The van der Waals surface area contributed by atoms with E-state index in [2.05, 4.69) is 12.2 Å². The number of carbonyl (C=O) groups excluding carboxylic acids is 1. The van der Waals surface area contributed by atoms with Crippen LogP contribution in [0.15, 0.2) is 0 Å². The predicted molar refractivity (Wildman–Crippen MR) is 71.7 cm³/mol. The Morgan fingerprint density at radius 1 is 1.29 bits per heavy atom. The second-order valence-electron chi connectivity index (χ2n) is 5.31. The Morgan fingerprint density at radius 3 is 2.47 bits per heavy atom. The van der Waals surface area contributed by atoms with Gasteiger partial charge >= 0.3 is 0 Å². The number of rotatable bonds is 6. The van der Waals surface area contributed by atoms with Crippen LogP contribution in [0.4, 0.5) is 0 Å². The van der Waals surface area contributed by atoms with Gasteiger partial charge in [-0.05, 0) is 38.1 Å². The molecule has 100 valence electrons. The van der Waals surface area contributed by atoms with E-state index in [1.807, 2.05) is 0 Å². The van der Waals surface area contributed by atoms with Crippen molar-refractivity contribution >= 4 is 5.91 Å². The number of hydrogen-bond acceptors (Lipinski definition) is 2. The van der Waals surface area contributed by atoms with Gasteiger partial charge in [-0.3, -0.25) is 4.79 Å². The van der Waals surface area contributed by atoms with Gasteiger partial charge in [-0.25, -0.2) is 0 Å². The maximum absolute atomic E-state index is 11.9. The van der Waals surface area contributed by atoms with Crippen molar-refractivity contribution in [3.63, 3.8) is 0 Å². The van der Waals surface area contributed by atoms with Gasteiger partial charge in [0.25, 0.3) is 0 Å². The molecule has 1 saturated carbocycles. The van der Waals surface area contributed by atoms with E-state index in [1.165, 1.54) is 38.5 Å². The van der Waals surface area contributed by atoms with Crippen molar-refractivity contribution in [3.05, 3.63) is 0 Å². The Hall–Kier alpha value is -0.570. The van der Waals surface area contributed by atoms with Crippen LogP contribution in [0.2, 0.25) is 0 Å². The van der Waals surface area contributed by atoms with Crippen molar-refractivity contribution in [3.8, 4) is 0 Å². The van der Waals surface area contributed by atoms with Crippen molar-refractivity contribution in [2.45, 2.75) is 70.8 Å². The van der Waals surface area contributed by atoms with E-state index in [-0.39, 0.29) is 11.9 Å². The SMILES string of the molecule is CCC(CCN)NC(=O)CC1CCCCCC1. The first kappa shape index (κ1) is 14.5. The van der Waals surface area contributed by atoms with E-state index >= 15 is 0 Å². The monoisotopic (exact) mass is 240 g/mol. The van der Waals surface area contributed by atoms with Gasteiger partial charge in [-0.15, -0.1) is 0 Å². The number of nitrogens with two attached hydrogens (primary N) is 1. The molecule has 1 rings (SSSR count). The number of carbonyl (C=O) groups is 1. The highest BCUT2D eigenvalue weighted by Crippen LogP contribution is 2.25. The summed E-state index contributed by atoms with van der Waals surface area (Å²) < 4.78 is 0. The summed E-state index contributed by atoms with van der Waals surface area (Å²) >= 11 is 0. The number of amides is 1. The van der Waals surface area contributed by atoms with Crippen molar-refractivity contribution in [1.82, 2.24) is 5.32 Å². The van der Waals surface area contributed by atoms with Crippen LogP contribution in [0.3, 0.4) is 0 Å². The van der Waals surface area contributed by atoms with E-state index in [0.717, 1.165) is 19.3 Å². The van der Waals surface area contributed by atoms with Gasteiger partial charge in [0.05, 0.1) is 0 Å². The second kappa shape index (κ2) is 8.51. The van der Waals surface area contributed by atoms with Crippen molar-refractivity contribution in [2.75, 3.05) is 6.54 Å². The van der Waals surface area contributed by atoms with E-state index in [1.54, 1.807) is 0 Å². The lowest BCUT2D eigenvalue weighted by atomic mass is 9.96. The molecule has 0 bridgehead atoms. The minimum Gasteiger partial charge on any atom is -0.353 e. The minimum atomic E-state index is 0.234. The van der Waals surface area contributed by atoms with Gasteiger partial charge in [0.15, 0.2) is 0 Å². The summed E-state index contributed by atoms with van der Waals surface area (Å²) in [4.78, 5) is 11.9. The van der Waals surface area contributed by atoms with Gasteiger partial charge in [0, 0.05) is 12.5 Å². The maximum Gasteiger partial charge on any atom is 0.220 e. The van der Waals surface area contributed by atoms with Gasteiger partial charge < -0.3 is 11.1 Å². The first-order valence-electron chi connectivity index (χ1n) is 7.25. The molecule has 0 saturated heterocycles. The highest BCUT2D eigenvalue weighted by Gasteiger charge is 2.17. The molecule has 1 amide bonds. The van der Waals surface area contributed by atoms with Crippen LogP contribution in [-0.2, 0) is 4.79 Å². The Morgan fingerprint density at radius 2 is 1.94 bits per heavy atom. The summed E-state index contributed by atoms with van der Waals surface area (Å²) in [5, 5.41) is 3.12. The molecule has 3 heteroatoms. The molecule has 1 aliphatic rings. The lowest BCUT2D eigenvalue weighted by Crippen LogP contribution is -2.36. The van der Waals surface area contributed by atoms with Crippen molar-refractivity contribution < 1.29 is 4.79 Å². The molecular weight excluding hydrogens is 212 g/mol. The molecule has 3 nitrogen and oxygen atoms in total. The fourth-order valence-electron chi connectivity index (χ4n) is 2.70. The third-order valence-corrected chi connectivity index (χ3v) is 3.82. The molecular formula is C14H28N2O. The molecule has 1 unspecified atom stereocenters. The molecule has 1 fully saturated rings. The van der Waals surface area contributed by atoms with Crippen LogP contribution in [0.1, 0.15) is 64.7 Å². The third kappa shape index (κ3) is 6.06. The largest absolute Gasteiger partial charge is 0.353 e. The van der Waals surface area contributed by atoms with Gasteiger partial charge in [-0.1, -0.05) is 32.6 Å². The van der Waals surface area contributed by atoms with Crippen LogP contribution in [0.5, 0.6) is 0 Å². The Kier molecular flexibility index (Phi) is 7.25. The van der Waals surface area contributed by atoms with Gasteiger partial charge in [0.1, 0.15) is 0 Å². The van der Waals surface area contributed by atoms with Crippen LogP contribution < -0.4 is 11.1 Å². The summed E-state index contributed by atoms with van der Waals surface area (Å²) in [6.45, 7) is 2.76. The fraction of sp³-hybridized carbons (Fsp3) is 0.929. The van der Waals surface area contributed by atoms with Gasteiger partial charge in [-0.2, -0.15) is 0 Å². The normalized spacial score (nSPS) is 19.6. The Labute approximate surface area is 106 Å². The van der Waals surface area contributed by atoms with E-state index in [9.17, 15) is 4.79 Å². The molecule has 3 N–H and O–H groups in total. The molecule has 0 spiro atoms. The van der Waals surface area contributed by atoms with Crippen LogP contribution in [-0.4, -0.2) is 18.5 Å². The molecule has 0 aromatic heterocycles. The summed E-state index contributed by atoms with van der Waals surface area (Å²) in [6.07, 6.45) is 10.4. The average Bonchev–Trinajstić information content (AvgIpc) is 2.57. The van der Waals surface area contributed by atoms with Crippen LogP contribution in [0, 0.1) is 5.92 Å². The topological polar surface area (TPSA) is 55.1 Å². The first-order valence-corrected chi connectivity index (χ1v) is 7.25. The maximum atomic E-state index is 11.9. The Bertz CT molecular complexity index is 210. The third-order valence-electron chi connectivity index (χ3n) is 3.82. The quantitative estimate of drug-likeness (QED) is 0.701. The molecule has 0 aliphatic heterocycles. The smallest absolute Gasteiger partial charge is 0.220 e. The van der Waals surface area contributed by atoms with Crippen molar-refractivity contribution in [1.29, 1.82) is 0 Å². The van der Waals surface area contributed by atoms with E-state index < -0.39 is 0 Å². The molecule has 17 heavy (non-hydrogen) atoms. The Balaban J connectivity index is 2.26. The zero-order valence-electron chi connectivity index (χ0n) is 11.2. The summed E-state index contributed by atoms with van der Waals surface area (Å²) in [5.74, 6) is 0.852. The first-order chi connectivity index (χ1) is 8.26. The van der Waals surface area contributed by atoms with Crippen molar-refractivity contribution in [2.24, 2.45) is 11.7 Å². The van der Waals surface area contributed by atoms with Crippen LogP contribution in [0.25, 0.3) is 0 Å². The average molecular weight is 240 g/mol. The molecule has 0 radical (unpaired) electrons. The zero-order chi connectivity index (χ0) is 12.5. The molecule has 1 atom stereocenters. The summed E-state index contributed by atoms with van der Waals surface area (Å²) in [7, 11) is 0. The molecule has 0 aromatic rings. The molecule has 1 aliphatic carbocycles. The standard InChI is InChI=1S/C14H28N2O/c1-2-13(9-10-15)16-14(17)11-12-7-5-3-4-6-8-12/h12-13H,2-11,15H2,1H3,(H,16,17). The predicted octanol–water partition coefficient (Wildman–Crippen LogP) is 2.59. The zero-order valence-corrected chi connectivity index (χ0v) is 11.2. The van der Waals surface area contributed by atoms with E-state index in [0.29, 0.717) is 12.5 Å². The number of hydrogen-bond donors (Lipinski definition) is 2. The molecule has 0 aromatic carbocycles. The second-order valence-corrected chi connectivity index (χ2v) is 5.31. The fourth-order valence-corrected chi connectivity index (χ4v) is 2.70. The summed E-state index contributed by atoms with van der Waals surface area (Å²) in [5.41, 5.74) is 5.53.